The summed E-state index contributed by atoms with van der Waals surface area (Å²) in [6.07, 6.45) is 1.60. The fraction of sp³-hybridized carbons (Fsp3) is 0.143. The zero-order valence-corrected chi connectivity index (χ0v) is 12.4. The first kappa shape index (κ1) is 14.0. The third-order valence-corrected chi connectivity index (χ3v) is 4.09. The third kappa shape index (κ3) is 3.06. The molecular weight excluding hydrogens is 312 g/mol. The van der Waals surface area contributed by atoms with Crippen LogP contribution in [0.4, 0.5) is 0 Å². The lowest BCUT2D eigenvalue weighted by atomic mass is 10.3. The van der Waals surface area contributed by atoms with Crippen molar-refractivity contribution in [3.8, 4) is 0 Å². The Balaban J connectivity index is 2.04. The first-order valence-electron chi connectivity index (χ1n) is 6.16. The van der Waals surface area contributed by atoms with Gasteiger partial charge in [0.05, 0.1) is 29.6 Å². The van der Waals surface area contributed by atoms with Gasteiger partial charge in [0.25, 0.3) is 0 Å². The second-order valence-corrected chi connectivity index (χ2v) is 5.75. The average Bonchev–Trinajstić information content (AvgIpc) is 3.06. The van der Waals surface area contributed by atoms with Crippen molar-refractivity contribution >= 4 is 40.4 Å². The number of carbonyl (C=O) groups is 1. The van der Waals surface area contributed by atoms with Crippen LogP contribution < -0.4 is 0 Å². The van der Waals surface area contributed by atoms with Gasteiger partial charge in [0, 0.05) is 5.02 Å². The maximum absolute atomic E-state index is 10.8. The highest BCUT2D eigenvalue weighted by Crippen LogP contribution is 2.27. The van der Waals surface area contributed by atoms with E-state index in [9.17, 15) is 4.79 Å². The molecule has 0 radical (unpaired) electrons. The number of rotatable bonds is 5. The molecule has 5 nitrogen and oxygen atoms in total. The molecule has 0 aliphatic carbocycles. The SMILES string of the molecule is O=C(O)CSc1nc2ccc(Cl)cc2n1Cc1ccco1. The molecule has 0 unspecified atom stereocenters. The molecule has 1 aromatic carbocycles. The number of halogens is 1. The van der Waals surface area contributed by atoms with Gasteiger partial charge < -0.3 is 14.1 Å². The number of nitrogens with zero attached hydrogens (tertiary/aromatic N) is 2. The fourth-order valence-electron chi connectivity index (χ4n) is 2.02. The molecule has 0 spiro atoms. The number of hydrogen-bond donors (Lipinski definition) is 1. The van der Waals surface area contributed by atoms with Gasteiger partial charge in [-0.15, -0.1) is 0 Å². The molecule has 2 aromatic heterocycles. The molecule has 0 atom stereocenters. The molecule has 0 fully saturated rings. The molecule has 3 aromatic rings. The van der Waals surface area contributed by atoms with Crippen LogP contribution in [-0.2, 0) is 11.3 Å². The molecule has 3 rings (SSSR count). The zero-order chi connectivity index (χ0) is 14.8. The van der Waals surface area contributed by atoms with Gasteiger partial charge in [-0.3, -0.25) is 4.79 Å². The molecule has 0 aliphatic rings. The predicted molar refractivity (Wildman–Crippen MR) is 80.9 cm³/mol. The maximum Gasteiger partial charge on any atom is 0.313 e. The fourth-order valence-corrected chi connectivity index (χ4v) is 2.92. The van der Waals surface area contributed by atoms with Crippen molar-refractivity contribution in [2.24, 2.45) is 0 Å². The lowest BCUT2D eigenvalue weighted by Crippen LogP contribution is -2.04. The number of furan rings is 1. The summed E-state index contributed by atoms with van der Waals surface area (Å²) in [5, 5.41) is 10.1. The van der Waals surface area contributed by atoms with Gasteiger partial charge in [-0.25, -0.2) is 4.98 Å². The van der Waals surface area contributed by atoms with Crippen molar-refractivity contribution in [1.82, 2.24) is 9.55 Å². The van der Waals surface area contributed by atoms with E-state index in [1.807, 2.05) is 28.8 Å². The molecule has 0 aliphatic heterocycles. The third-order valence-electron chi connectivity index (χ3n) is 2.89. The van der Waals surface area contributed by atoms with Crippen LogP contribution in [0.3, 0.4) is 0 Å². The highest BCUT2D eigenvalue weighted by atomic mass is 35.5. The minimum absolute atomic E-state index is 0.0464. The quantitative estimate of drug-likeness (QED) is 0.728. The molecule has 7 heteroatoms. The van der Waals surface area contributed by atoms with Gasteiger partial charge in [-0.1, -0.05) is 23.4 Å². The monoisotopic (exact) mass is 322 g/mol. The van der Waals surface area contributed by atoms with Gasteiger partial charge in [-0.05, 0) is 30.3 Å². The predicted octanol–water partition coefficient (Wildman–Crippen LogP) is 3.51. The van der Waals surface area contributed by atoms with E-state index in [0.717, 1.165) is 16.8 Å². The van der Waals surface area contributed by atoms with Crippen molar-refractivity contribution in [2.45, 2.75) is 11.7 Å². The van der Waals surface area contributed by atoms with Gasteiger partial charge >= 0.3 is 5.97 Å². The van der Waals surface area contributed by atoms with E-state index >= 15 is 0 Å². The van der Waals surface area contributed by atoms with Gasteiger partial charge in [0.15, 0.2) is 5.16 Å². The summed E-state index contributed by atoms with van der Waals surface area (Å²) in [5.41, 5.74) is 1.63. The Bertz CT molecular complexity index is 783. The number of aliphatic carboxylic acids is 1. The summed E-state index contributed by atoms with van der Waals surface area (Å²) in [5.74, 6) is -0.157. The first-order chi connectivity index (χ1) is 10.1. The lowest BCUT2D eigenvalue weighted by molar-refractivity contribution is -0.133. The number of hydrogen-bond acceptors (Lipinski definition) is 4. The van der Waals surface area contributed by atoms with E-state index in [1.54, 1.807) is 12.3 Å². The number of imidazole rings is 1. The molecule has 21 heavy (non-hydrogen) atoms. The topological polar surface area (TPSA) is 68.3 Å². The first-order valence-corrected chi connectivity index (χ1v) is 7.52. The van der Waals surface area contributed by atoms with E-state index in [0.29, 0.717) is 16.7 Å². The number of fused-ring (bicyclic) bond motifs is 1. The van der Waals surface area contributed by atoms with E-state index in [4.69, 9.17) is 21.1 Å². The van der Waals surface area contributed by atoms with Gasteiger partial charge in [0.1, 0.15) is 5.76 Å². The molecule has 0 saturated carbocycles. The Morgan fingerprint density at radius 1 is 1.43 bits per heavy atom. The standard InChI is InChI=1S/C14H11ClN2O3S/c15-9-3-4-11-12(6-9)17(7-10-2-1-5-20-10)14(16-11)21-8-13(18)19/h1-6H,7-8H2,(H,18,19). The Morgan fingerprint density at radius 2 is 2.29 bits per heavy atom. The highest BCUT2D eigenvalue weighted by Gasteiger charge is 2.14. The van der Waals surface area contributed by atoms with Crippen LogP contribution in [0.15, 0.2) is 46.2 Å². The van der Waals surface area contributed by atoms with Crippen molar-refractivity contribution in [2.75, 3.05) is 5.75 Å². The second-order valence-electron chi connectivity index (χ2n) is 4.38. The molecule has 0 bridgehead atoms. The smallest absolute Gasteiger partial charge is 0.313 e. The van der Waals surface area contributed by atoms with E-state index in [-0.39, 0.29) is 5.75 Å². The van der Waals surface area contributed by atoms with Crippen LogP contribution in [0.25, 0.3) is 11.0 Å². The molecule has 1 N–H and O–H groups in total. The Hall–Kier alpha value is -1.92. The van der Waals surface area contributed by atoms with Crippen LogP contribution in [0.2, 0.25) is 5.02 Å². The Labute approximate surface area is 129 Å². The van der Waals surface area contributed by atoms with Crippen molar-refractivity contribution < 1.29 is 14.3 Å². The van der Waals surface area contributed by atoms with Crippen LogP contribution >= 0.6 is 23.4 Å². The average molecular weight is 323 g/mol. The summed E-state index contributed by atoms with van der Waals surface area (Å²) in [6.45, 7) is 0.478. The Kier molecular flexibility index (Phi) is 3.90. The number of benzene rings is 1. The highest BCUT2D eigenvalue weighted by molar-refractivity contribution is 7.99. The van der Waals surface area contributed by atoms with Crippen LogP contribution in [0, 0.1) is 0 Å². The van der Waals surface area contributed by atoms with Crippen molar-refractivity contribution in [3.05, 3.63) is 47.4 Å². The minimum atomic E-state index is -0.880. The number of carboxylic acids is 1. The van der Waals surface area contributed by atoms with Crippen LogP contribution in [0.1, 0.15) is 5.76 Å². The summed E-state index contributed by atoms with van der Waals surface area (Å²) in [7, 11) is 0. The Morgan fingerprint density at radius 3 is 3.00 bits per heavy atom. The van der Waals surface area contributed by atoms with Crippen LogP contribution in [0.5, 0.6) is 0 Å². The van der Waals surface area contributed by atoms with Crippen molar-refractivity contribution in [1.29, 1.82) is 0 Å². The molecule has 0 amide bonds. The summed E-state index contributed by atoms with van der Waals surface area (Å²) < 4.78 is 7.27. The molecule has 108 valence electrons. The second kappa shape index (κ2) is 5.83. The van der Waals surface area contributed by atoms with Crippen LogP contribution in [-0.4, -0.2) is 26.4 Å². The summed E-state index contributed by atoms with van der Waals surface area (Å²) in [6, 6.07) is 9.08. The van der Waals surface area contributed by atoms with E-state index in [2.05, 4.69) is 4.98 Å². The van der Waals surface area contributed by atoms with Gasteiger partial charge in [0.2, 0.25) is 0 Å². The summed E-state index contributed by atoms with van der Waals surface area (Å²) in [4.78, 5) is 15.2. The van der Waals surface area contributed by atoms with Gasteiger partial charge in [-0.2, -0.15) is 0 Å². The molecular formula is C14H11ClN2O3S. The van der Waals surface area contributed by atoms with E-state index < -0.39 is 5.97 Å². The lowest BCUT2D eigenvalue weighted by Gasteiger charge is -2.06. The zero-order valence-electron chi connectivity index (χ0n) is 10.8. The number of thioether (sulfide) groups is 1. The summed E-state index contributed by atoms with van der Waals surface area (Å²) >= 11 is 7.22. The van der Waals surface area contributed by atoms with Crippen molar-refractivity contribution in [3.63, 3.8) is 0 Å². The largest absolute Gasteiger partial charge is 0.481 e. The maximum atomic E-state index is 10.8. The minimum Gasteiger partial charge on any atom is -0.481 e. The van der Waals surface area contributed by atoms with E-state index in [1.165, 1.54) is 11.8 Å². The normalized spacial score (nSPS) is 11.1. The molecule has 0 saturated heterocycles. The molecule has 2 heterocycles. The number of carboxylic acid groups (broad SMARTS) is 1. The number of aromatic nitrogens is 2.